The molecule has 1 saturated heterocycles. The van der Waals surface area contributed by atoms with E-state index in [1.54, 1.807) is 0 Å². The van der Waals surface area contributed by atoms with Crippen LogP contribution in [-0.2, 0) is 4.79 Å². The summed E-state index contributed by atoms with van der Waals surface area (Å²) in [7, 11) is 0. The number of piperidine rings is 1. The van der Waals surface area contributed by atoms with Gasteiger partial charge in [0.15, 0.2) is 0 Å². The Morgan fingerprint density at radius 3 is 2.79 bits per heavy atom. The molecule has 1 amide bonds. The van der Waals surface area contributed by atoms with Crippen molar-refractivity contribution in [3.8, 4) is 0 Å². The van der Waals surface area contributed by atoms with Gasteiger partial charge in [0.1, 0.15) is 0 Å². The Bertz CT molecular complexity index is 641. The minimum absolute atomic E-state index is 0.161. The zero-order valence-corrected chi connectivity index (χ0v) is 15.4. The number of para-hydroxylation sites is 1. The summed E-state index contributed by atoms with van der Waals surface area (Å²) in [5.41, 5.74) is 1.12. The van der Waals surface area contributed by atoms with Crippen molar-refractivity contribution in [1.29, 1.82) is 0 Å². The molecule has 0 radical (unpaired) electrons. The van der Waals surface area contributed by atoms with Crippen LogP contribution in [0.25, 0.3) is 10.2 Å². The van der Waals surface area contributed by atoms with Gasteiger partial charge in [0.2, 0.25) is 5.91 Å². The monoisotopic (exact) mass is 345 g/mol. The lowest BCUT2D eigenvalue weighted by molar-refractivity contribution is -0.122. The molecule has 4 nitrogen and oxygen atoms in total. The molecule has 0 bridgehead atoms. The summed E-state index contributed by atoms with van der Waals surface area (Å²) in [6, 6.07) is 8.36. The lowest BCUT2D eigenvalue weighted by atomic mass is 9.97. The molecule has 1 aliphatic heterocycles. The van der Waals surface area contributed by atoms with Crippen molar-refractivity contribution in [1.82, 2.24) is 15.2 Å². The Morgan fingerprint density at radius 1 is 1.33 bits per heavy atom. The minimum Gasteiger partial charge on any atom is -0.355 e. The van der Waals surface area contributed by atoms with E-state index in [4.69, 9.17) is 4.98 Å². The molecule has 130 valence electrons. The van der Waals surface area contributed by atoms with Crippen LogP contribution in [0.3, 0.4) is 0 Å². The van der Waals surface area contributed by atoms with Gasteiger partial charge in [-0.3, -0.25) is 9.69 Å². The van der Waals surface area contributed by atoms with Crippen LogP contribution in [0.2, 0.25) is 0 Å². The van der Waals surface area contributed by atoms with E-state index in [-0.39, 0.29) is 5.91 Å². The molecule has 2 heterocycles. The highest BCUT2D eigenvalue weighted by Gasteiger charge is 2.24. The maximum atomic E-state index is 12.0. The first-order valence-corrected chi connectivity index (χ1v) is 9.78. The van der Waals surface area contributed by atoms with E-state index in [1.165, 1.54) is 9.71 Å². The number of amides is 1. The average Bonchev–Trinajstić information content (AvgIpc) is 2.99. The molecule has 24 heavy (non-hydrogen) atoms. The smallest absolute Gasteiger partial charge is 0.234 e. The Labute approximate surface area is 148 Å². The van der Waals surface area contributed by atoms with Crippen LogP contribution >= 0.6 is 11.3 Å². The van der Waals surface area contributed by atoms with Gasteiger partial charge < -0.3 is 5.32 Å². The number of rotatable bonds is 6. The summed E-state index contributed by atoms with van der Waals surface area (Å²) in [4.78, 5) is 19.1. The van der Waals surface area contributed by atoms with Crippen molar-refractivity contribution in [3.05, 3.63) is 29.3 Å². The molecule has 0 unspecified atom stereocenters. The topological polar surface area (TPSA) is 45.2 Å². The summed E-state index contributed by atoms with van der Waals surface area (Å²) >= 11 is 1.82. The number of thiazole rings is 1. The molecular weight excluding hydrogens is 318 g/mol. The summed E-state index contributed by atoms with van der Waals surface area (Å²) in [5.74, 6) is 1.34. The molecule has 5 heteroatoms. The van der Waals surface area contributed by atoms with Gasteiger partial charge in [0.25, 0.3) is 0 Å². The fraction of sp³-hybridized carbons (Fsp3) is 0.579. The molecule has 1 aromatic heterocycles. The maximum Gasteiger partial charge on any atom is 0.234 e. The van der Waals surface area contributed by atoms with E-state index in [9.17, 15) is 4.79 Å². The summed E-state index contributed by atoms with van der Waals surface area (Å²) < 4.78 is 1.28. The van der Waals surface area contributed by atoms with E-state index in [0.29, 0.717) is 18.4 Å². The van der Waals surface area contributed by atoms with Gasteiger partial charge >= 0.3 is 0 Å². The third kappa shape index (κ3) is 4.54. The predicted molar refractivity (Wildman–Crippen MR) is 100 cm³/mol. The molecule has 1 aromatic carbocycles. The van der Waals surface area contributed by atoms with E-state index in [2.05, 4.69) is 42.3 Å². The number of hydrogen-bond acceptors (Lipinski definition) is 4. The van der Waals surface area contributed by atoms with Crippen LogP contribution in [0.5, 0.6) is 0 Å². The SMILES string of the molecule is CC(C)CCNC(=O)CN1CCC(c2nc3ccccc3s2)CC1. The van der Waals surface area contributed by atoms with E-state index < -0.39 is 0 Å². The Kier molecular flexibility index (Phi) is 5.85. The van der Waals surface area contributed by atoms with Crippen molar-refractivity contribution in [2.24, 2.45) is 5.92 Å². The summed E-state index contributed by atoms with van der Waals surface area (Å²) in [6.45, 7) is 7.65. The van der Waals surface area contributed by atoms with Crippen LogP contribution in [-0.4, -0.2) is 42.0 Å². The molecule has 0 spiro atoms. The van der Waals surface area contributed by atoms with Gasteiger partial charge in [-0.15, -0.1) is 11.3 Å². The molecule has 1 aliphatic rings. The van der Waals surface area contributed by atoms with Crippen molar-refractivity contribution < 1.29 is 4.79 Å². The van der Waals surface area contributed by atoms with Crippen molar-refractivity contribution in [2.75, 3.05) is 26.2 Å². The second kappa shape index (κ2) is 8.08. The highest BCUT2D eigenvalue weighted by Crippen LogP contribution is 2.33. The van der Waals surface area contributed by atoms with Gasteiger partial charge in [0, 0.05) is 12.5 Å². The van der Waals surface area contributed by atoms with Crippen LogP contribution in [0.15, 0.2) is 24.3 Å². The summed E-state index contributed by atoms with van der Waals surface area (Å²) in [5, 5.41) is 4.29. The zero-order chi connectivity index (χ0) is 16.9. The quantitative estimate of drug-likeness (QED) is 0.869. The largest absolute Gasteiger partial charge is 0.355 e. The van der Waals surface area contributed by atoms with Crippen LogP contribution in [0.4, 0.5) is 0 Å². The second-order valence-corrected chi connectivity index (χ2v) is 8.16. The van der Waals surface area contributed by atoms with Crippen LogP contribution in [0, 0.1) is 5.92 Å². The van der Waals surface area contributed by atoms with Crippen molar-refractivity contribution in [2.45, 2.75) is 39.0 Å². The van der Waals surface area contributed by atoms with E-state index >= 15 is 0 Å². The molecule has 0 saturated carbocycles. The van der Waals surface area contributed by atoms with Gasteiger partial charge in [-0.2, -0.15) is 0 Å². The van der Waals surface area contributed by atoms with Crippen LogP contribution in [0.1, 0.15) is 44.0 Å². The minimum atomic E-state index is 0.161. The first-order chi connectivity index (χ1) is 11.6. The number of carbonyl (C=O) groups is 1. The number of carbonyl (C=O) groups excluding carboxylic acids is 1. The standard InChI is InChI=1S/C19H27N3OS/c1-14(2)7-10-20-18(23)13-22-11-8-15(9-12-22)19-21-16-5-3-4-6-17(16)24-19/h3-6,14-15H,7-13H2,1-2H3,(H,20,23). The molecule has 1 fully saturated rings. The molecule has 3 rings (SSSR count). The molecular formula is C19H27N3OS. The fourth-order valence-corrected chi connectivity index (χ4v) is 4.30. The Hall–Kier alpha value is -1.46. The number of hydrogen-bond donors (Lipinski definition) is 1. The lowest BCUT2D eigenvalue weighted by Gasteiger charge is -2.30. The Balaban J connectivity index is 1.46. The first-order valence-electron chi connectivity index (χ1n) is 8.96. The van der Waals surface area contributed by atoms with Crippen molar-refractivity contribution >= 4 is 27.5 Å². The van der Waals surface area contributed by atoms with Crippen LogP contribution < -0.4 is 5.32 Å². The van der Waals surface area contributed by atoms with E-state index in [1.807, 2.05) is 17.4 Å². The number of fused-ring (bicyclic) bond motifs is 1. The number of benzene rings is 1. The third-order valence-electron chi connectivity index (χ3n) is 4.66. The maximum absolute atomic E-state index is 12.0. The zero-order valence-electron chi connectivity index (χ0n) is 14.6. The third-order valence-corrected chi connectivity index (χ3v) is 5.86. The molecule has 0 aliphatic carbocycles. The summed E-state index contributed by atoms with van der Waals surface area (Å²) in [6.07, 6.45) is 3.24. The average molecular weight is 346 g/mol. The Morgan fingerprint density at radius 2 is 2.08 bits per heavy atom. The molecule has 2 aromatic rings. The van der Waals surface area contributed by atoms with Gasteiger partial charge in [-0.05, 0) is 50.4 Å². The molecule has 0 atom stereocenters. The fourth-order valence-electron chi connectivity index (χ4n) is 3.16. The highest BCUT2D eigenvalue weighted by molar-refractivity contribution is 7.18. The van der Waals surface area contributed by atoms with E-state index in [0.717, 1.165) is 44.4 Å². The lowest BCUT2D eigenvalue weighted by Crippen LogP contribution is -2.41. The number of nitrogens with zero attached hydrogens (tertiary/aromatic N) is 2. The normalized spacial score (nSPS) is 16.8. The highest BCUT2D eigenvalue weighted by atomic mass is 32.1. The van der Waals surface area contributed by atoms with Crippen molar-refractivity contribution in [3.63, 3.8) is 0 Å². The van der Waals surface area contributed by atoms with Gasteiger partial charge in [-0.1, -0.05) is 26.0 Å². The predicted octanol–water partition coefficient (Wildman–Crippen LogP) is 3.64. The second-order valence-electron chi connectivity index (χ2n) is 7.10. The number of aromatic nitrogens is 1. The van der Waals surface area contributed by atoms with Gasteiger partial charge in [0.05, 0.1) is 21.8 Å². The number of likely N-dealkylation sites (tertiary alicyclic amines) is 1. The first kappa shape index (κ1) is 17.4. The molecule has 1 N–H and O–H groups in total. The number of nitrogens with one attached hydrogen (secondary N) is 1. The van der Waals surface area contributed by atoms with Gasteiger partial charge in [-0.25, -0.2) is 4.98 Å².